The SMILES string of the molecule is Cc1cc(C)nc(SCc2c(C(=O)NCc3ccc(F)cc3)nnn2-c2ccc(Br)cc2)n1. The van der Waals surface area contributed by atoms with Crippen LogP contribution >= 0.6 is 27.7 Å². The molecule has 1 amide bonds. The molecule has 0 unspecified atom stereocenters. The molecule has 4 aromatic rings. The molecule has 0 bridgehead atoms. The maximum atomic E-state index is 13.1. The van der Waals surface area contributed by atoms with Gasteiger partial charge < -0.3 is 5.32 Å². The first-order valence-corrected chi connectivity index (χ1v) is 11.8. The highest BCUT2D eigenvalue weighted by molar-refractivity contribution is 9.10. The van der Waals surface area contributed by atoms with Gasteiger partial charge in [0, 0.05) is 28.2 Å². The Kier molecular flexibility index (Phi) is 7.14. The number of hydrogen-bond donors (Lipinski definition) is 1. The molecule has 0 aliphatic carbocycles. The van der Waals surface area contributed by atoms with Crippen LogP contribution in [-0.4, -0.2) is 30.9 Å². The van der Waals surface area contributed by atoms with E-state index < -0.39 is 0 Å². The van der Waals surface area contributed by atoms with Crippen LogP contribution in [0.15, 0.2) is 64.2 Å². The average Bonchev–Trinajstić information content (AvgIpc) is 3.21. The first-order chi connectivity index (χ1) is 15.9. The van der Waals surface area contributed by atoms with Gasteiger partial charge in [0.05, 0.1) is 11.4 Å². The van der Waals surface area contributed by atoms with Gasteiger partial charge >= 0.3 is 0 Å². The van der Waals surface area contributed by atoms with Crippen molar-refractivity contribution in [3.8, 4) is 5.69 Å². The smallest absolute Gasteiger partial charge is 0.274 e. The zero-order valence-corrected chi connectivity index (χ0v) is 20.3. The standard InChI is InChI=1S/C23H20BrFN6OS/c1-14-11-15(2)28-23(27-14)33-13-20-21(22(32)26-12-16-3-7-18(25)8-4-16)29-30-31(20)19-9-5-17(24)6-10-19/h3-11H,12-13H2,1-2H3,(H,26,32). The molecule has 0 spiro atoms. The van der Waals surface area contributed by atoms with E-state index in [1.165, 1.54) is 23.9 Å². The molecule has 0 atom stereocenters. The number of amides is 1. The number of hydrogen-bond acceptors (Lipinski definition) is 6. The molecule has 0 aliphatic heterocycles. The molecule has 1 N–H and O–H groups in total. The van der Waals surface area contributed by atoms with Crippen LogP contribution in [0, 0.1) is 19.7 Å². The second kappa shape index (κ2) is 10.2. The topological polar surface area (TPSA) is 85.6 Å². The number of thioether (sulfide) groups is 1. The van der Waals surface area contributed by atoms with Gasteiger partial charge in [-0.05, 0) is 61.9 Å². The van der Waals surface area contributed by atoms with Gasteiger partial charge in [-0.3, -0.25) is 4.79 Å². The second-order valence-electron chi connectivity index (χ2n) is 7.30. The van der Waals surface area contributed by atoms with E-state index in [4.69, 9.17) is 0 Å². The molecule has 2 aromatic carbocycles. The number of halogens is 2. The first kappa shape index (κ1) is 23.1. The van der Waals surface area contributed by atoms with Crippen molar-refractivity contribution in [1.82, 2.24) is 30.3 Å². The molecule has 0 saturated carbocycles. The highest BCUT2D eigenvalue weighted by Gasteiger charge is 2.21. The zero-order chi connectivity index (χ0) is 23.4. The molecule has 2 aromatic heterocycles. The number of carbonyl (C=O) groups is 1. The van der Waals surface area contributed by atoms with Crippen molar-refractivity contribution >= 4 is 33.6 Å². The van der Waals surface area contributed by atoms with Crippen LogP contribution in [-0.2, 0) is 12.3 Å². The Labute approximate surface area is 203 Å². The third kappa shape index (κ3) is 5.82. The van der Waals surface area contributed by atoms with Gasteiger partial charge in [-0.2, -0.15) is 0 Å². The molecule has 0 saturated heterocycles. The van der Waals surface area contributed by atoms with Crippen molar-refractivity contribution in [2.24, 2.45) is 0 Å². The summed E-state index contributed by atoms with van der Waals surface area (Å²) < 4.78 is 15.7. The summed E-state index contributed by atoms with van der Waals surface area (Å²) in [7, 11) is 0. The molecule has 7 nitrogen and oxygen atoms in total. The van der Waals surface area contributed by atoms with Crippen molar-refractivity contribution in [2.45, 2.75) is 31.3 Å². The summed E-state index contributed by atoms with van der Waals surface area (Å²) in [5.74, 6) is -0.291. The Hall–Kier alpha value is -3.11. The summed E-state index contributed by atoms with van der Waals surface area (Å²) in [6.45, 7) is 4.08. The highest BCUT2D eigenvalue weighted by Crippen LogP contribution is 2.24. The lowest BCUT2D eigenvalue weighted by Crippen LogP contribution is -2.24. The number of aromatic nitrogens is 5. The van der Waals surface area contributed by atoms with Gasteiger partial charge in [0.2, 0.25) is 0 Å². The average molecular weight is 527 g/mol. The molecule has 2 heterocycles. The van der Waals surface area contributed by atoms with E-state index >= 15 is 0 Å². The Morgan fingerprint density at radius 1 is 1.06 bits per heavy atom. The van der Waals surface area contributed by atoms with Crippen molar-refractivity contribution < 1.29 is 9.18 Å². The van der Waals surface area contributed by atoms with E-state index in [1.807, 2.05) is 44.2 Å². The third-order valence-electron chi connectivity index (χ3n) is 4.72. The van der Waals surface area contributed by atoms with Crippen molar-refractivity contribution in [3.05, 3.63) is 93.2 Å². The molecular formula is C23H20BrFN6OS. The Bertz CT molecular complexity index is 1260. The van der Waals surface area contributed by atoms with E-state index in [9.17, 15) is 9.18 Å². The van der Waals surface area contributed by atoms with E-state index in [1.54, 1.807) is 16.8 Å². The summed E-state index contributed by atoms with van der Waals surface area (Å²) >= 11 is 4.85. The lowest BCUT2D eigenvalue weighted by Gasteiger charge is -2.09. The maximum Gasteiger partial charge on any atom is 0.274 e. The fourth-order valence-electron chi connectivity index (χ4n) is 3.16. The predicted molar refractivity (Wildman–Crippen MR) is 128 cm³/mol. The summed E-state index contributed by atoms with van der Waals surface area (Å²) in [5.41, 5.74) is 4.16. The number of rotatable bonds is 7. The van der Waals surface area contributed by atoms with E-state index in [2.05, 4.69) is 41.5 Å². The van der Waals surface area contributed by atoms with Gasteiger partial charge in [0.15, 0.2) is 10.9 Å². The second-order valence-corrected chi connectivity index (χ2v) is 9.16. The fourth-order valence-corrected chi connectivity index (χ4v) is 4.36. The molecule has 4 rings (SSSR count). The number of benzene rings is 2. The molecular weight excluding hydrogens is 507 g/mol. The van der Waals surface area contributed by atoms with Gasteiger partial charge in [-0.1, -0.05) is 45.0 Å². The van der Waals surface area contributed by atoms with Crippen LogP contribution in [0.25, 0.3) is 5.69 Å². The quantitative estimate of drug-likeness (QED) is 0.275. The minimum absolute atomic E-state index is 0.219. The molecule has 33 heavy (non-hydrogen) atoms. The summed E-state index contributed by atoms with van der Waals surface area (Å²) in [6.07, 6.45) is 0. The van der Waals surface area contributed by atoms with Crippen molar-refractivity contribution in [3.63, 3.8) is 0 Å². The summed E-state index contributed by atoms with van der Waals surface area (Å²) in [6, 6.07) is 15.5. The normalized spacial score (nSPS) is 10.9. The number of aryl methyl sites for hydroxylation is 2. The number of nitrogens with one attached hydrogen (secondary N) is 1. The monoisotopic (exact) mass is 526 g/mol. The Morgan fingerprint density at radius 3 is 2.39 bits per heavy atom. The minimum Gasteiger partial charge on any atom is -0.347 e. The lowest BCUT2D eigenvalue weighted by atomic mass is 10.2. The molecule has 0 aliphatic rings. The largest absolute Gasteiger partial charge is 0.347 e. The van der Waals surface area contributed by atoms with Gasteiger partial charge in [0.25, 0.3) is 5.91 Å². The molecule has 168 valence electrons. The van der Waals surface area contributed by atoms with Gasteiger partial charge in [-0.25, -0.2) is 19.0 Å². The Balaban J connectivity index is 1.60. The van der Waals surface area contributed by atoms with Crippen LogP contribution in [0.1, 0.15) is 33.1 Å². The molecule has 10 heteroatoms. The van der Waals surface area contributed by atoms with E-state index in [-0.39, 0.29) is 24.0 Å². The van der Waals surface area contributed by atoms with Crippen LogP contribution < -0.4 is 5.32 Å². The third-order valence-corrected chi connectivity index (χ3v) is 6.10. The van der Waals surface area contributed by atoms with Crippen molar-refractivity contribution in [1.29, 1.82) is 0 Å². The predicted octanol–water partition coefficient (Wildman–Crippen LogP) is 4.80. The van der Waals surface area contributed by atoms with Crippen molar-refractivity contribution in [2.75, 3.05) is 0 Å². The molecule has 0 fully saturated rings. The first-order valence-electron chi connectivity index (χ1n) is 10.1. The van der Waals surface area contributed by atoms with Crippen LogP contribution in [0.4, 0.5) is 4.39 Å². The van der Waals surface area contributed by atoms with E-state index in [0.29, 0.717) is 16.6 Å². The molecule has 0 radical (unpaired) electrons. The maximum absolute atomic E-state index is 13.1. The number of nitrogens with zero attached hydrogens (tertiary/aromatic N) is 5. The fraction of sp³-hybridized carbons (Fsp3) is 0.174. The van der Waals surface area contributed by atoms with Crippen LogP contribution in [0.2, 0.25) is 0 Å². The highest BCUT2D eigenvalue weighted by atomic mass is 79.9. The Morgan fingerprint density at radius 2 is 1.73 bits per heavy atom. The zero-order valence-electron chi connectivity index (χ0n) is 17.9. The van der Waals surface area contributed by atoms with Crippen LogP contribution in [0.3, 0.4) is 0 Å². The summed E-state index contributed by atoms with van der Waals surface area (Å²) in [5, 5.41) is 11.9. The number of carbonyl (C=O) groups excluding carboxylic acids is 1. The van der Waals surface area contributed by atoms with Crippen LogP contribution in [0.5, 0.6) is 0 Å². The van der Waals surface area contributed by atoms with E-state index in [0.717, 1.165) is 27.1 Å². The summed E-state index contributed by atoms with van der Waals surface area (Å²) in [4.78, 5) is 21.9. The lowest BCUT2D eigenvalue weighted by molar-refractivity contribution is 0.0945. The van der Waals surface area contributed by atoms with Gasteiger partial charge in [0.1, 0.15) is 5.82 Å². The van der Waals surface area contributed by atoms with Gasteiger partial charge in [-0.15, -0.1) is 5.10 Å². The minimum atomic E-state index is -0.361.